The molecule has 0 bridgehead atoms. The Labute approximate surface area is 101 Å². The van der Waals surface area contributed by atoms with Crippen LogP contribution in [0.1, 0.15) is 0 Å². The summed E-state index contributed by atoms with van der Waals surface area (Å²) in [7, 11) is 1.66. The number of hydrogen-bond donors (Lipinski definition) is 1. The SMILES string of the molecule is COc1ccc(NC2=NCCS2)cc1Br. The lowest BCUT2D eigenvalue weighted by Gasteiger charge is -2.08. The zero-order chi connectivity index (χ0) is 10.7. The van der Waals surface area contributed by atoms with Crippen molar-refractivity contribution < 1.29 is 4.74 Å². The Balaban J connectivity index is 2.12. The first kappa shape index (κ1) is 10.8. The Morgan fingerprint density at radius 2 is 2.40 bits per heavy atom. The van der Waals surface area contributed by atoms with Gasteiger partial charge in [-0.15, -0.1) is 0 Å². The zero-order valence-electron chi connectivity index (χ0n) is 8.29. The van der Waals surface area contributed by atoms with Crippen molar-refractivity contribution in [3.05, 3.63) is 22.7 Å². The summed E-state index contributed by atoms with van der Waals surface area (Å²) < 4.78 is 6.10. The monoisotopic (exact) mass is 286 g/mol. The Bertz CT molecular complexity index is 395. The van der Waals surface area contributed by atoms with Crippen LogP contribution in [0.15, 0.2) is 27.7 Å². The highest BCUT2D eigenvalue weighted by molar-refractivity contribution is 9.10. The van der Waals surface area contributed by atoms with E-state index in [0.717, 1.165) is 33.4 Å². The quantitative estimate of drug-likeness (QED) is 0.908. The van der Waals surface area contributed by atoms with E-state index in [1.807, 2.05) is 18.2 Å². The molecular weight excluding hydrogens is 276 g/mol. The van der Waals surface area contributed by atoms with Gasteiger partial charge >= 0.3 is 0 Å². The van der Waals surface area contributed by atoms with E-state index >= 15 is 0 Å². The number of hydrogen-bond acceptors (Lipinski definition) is 4. The fourth-order valence-corrected chi connectivity index (χ4v) is 2.57. The third-order valence-electron chi connectivity index (χ3n) is 1.99. The molecule has 0 saturated carbocycles. The summed E-state index contributed by atoms with van der Waals surface area (Å²) in [5, 5.41) is 4.25. The Morgan fingerprint density at radius 1 is 1.53 bits per heavy atom. The molecule has 1 aromatic carbocycles. The molecule has 1 heterocycles. The van der Waals surface area contributed by atoms with Gasteiger partial charge in [0.05, 0.1) is 18.1 Å². The Kier molecular flexibility index (Phi) is 3.53. The highest BCUT2D eigenvalue weighted by Gasteiger charge is 2.08. The summed E-state index contributed by atoms with van der Waals surface area (Å²) in [6.45, 7) is 0.907. The highest BCUT2D eigenvalue weighted by Crippen LogP contribution is 2.28. The normalized spacial score (nSPS) is 14.9. The molecule has 0 aliphatic carbocycles. The highest BCUT2D eigenvalue weighted by atomic mass is 79.9. The predicted molar refractivity (Wildman–Crippen MR) is 69.1 cm³/mol. The zero-order valence-corrected chi connectivity index (χ0v) is 10.7. The number of nitrogens with zero attached hydrogens (tertiary/aromatic N) is 1. The minimum atomic E-state index is 0.835. The van der Waals surface area contributed by atoms with E-state index in [0.29, 0.717) is 0 Å². The number of methoxy groups -OCH3 is 1. The molecule has 0 aromatic heterocycles. The van der Waals surface area contributed by atoms with E-state index in [2.05, 4.69) is 26.2 Å². The number of amidine groups is 1. The van der Waals surface area contributed by atoms with E-state index in [9.17, 15) is 0 Å². The summed E-state index contributed by atoms with van der Waals surface area (Å²) in [4.78, 5) is 4.33. The summed E-state index contributed by atoms with van der Waals surface area (Å²) in [6, 6.07) is 5.89. The van der Waals surface area contributed by atoms with Crippen molar-refractivity contribution in [2.24, 2.45) is 4.99 Å². The number of thioether (sulfide) groups is 1. The number of ether oxygens (including phenoxy) is 1. The molecule has 1 aromatic rings. The van der Waals surface area contributed by atoms with E-state index in [-0.39, 0.29) is 0 Å². The van der Waals surface area contributed by atoms with Crippen LogP contribution in [0, 0.1) is 0 Å². The molecule has 0 unspecified atom stereocenters. The van der Waals surface area contributed by atoms with Gasteiger partial charge in [0, 0.05) is 11.4 Å². The van der Waals surface area contributed by atoms with Crippen molar-refractivity contribution in [2.45, 2.75) is 0 Å². The predicted octanol–water partition coefficient (Wildman–Crippen LogP) is 2.97. The van der Waals surface area contributed by atoms with Crippen LogP contribution in [-0.2, 0) is 0 Å². The van der Waals surface area contributed by atoms with Gasteiger partial charge in [0.25, 0.3) is 0 Å². The summed E-state index contributed by atoms with van der Waals surface area (Å²) in [6.07, 6.45) is 0. The van der Waals surface area contributed by atoms with Crippen molar-refractivity contribution >= 4 is 38.5 Å². The third kappa shape index (κ3) is 2.66. The van der Waals surface area contributed by atoms with Crippen molar-refractivity contribution in [1.29, 1.82) is 0 Å². The molecule has 0 atom stereocenters. The largest absolute Gasteiger partial charge is 0.496 e. The number of anilines is 1. The average molecular weight is 287 g/mol. The van der Waals surface area contributed by atoms with Crippen LogP contribution >= 0.6 is 27.7 Å². The molecule has 80 valence electrons. The van der Waals surface area contributed by atoms with Gasteiger partial charge in [-0.25, -0.2) is 0 Å². The molecule has 15 heavy (non-hydrogen) atoms. The number of rotatable bonds is 2. The molecule has 1 N–H and O–H groups in total. The van der Waals surface area contributed by atoms with Gasteiger partial charge in [0.2, 0.25) is 0 Å². The van der Waals surface area contributed by atoms with Gasteiger partial charge in [-0.2, -0.15) is 0 Å². The summed E-state index contributed by atoms with van der Waals surface area (Å²) >= 11 is 5.19. The summed E-state index contributed by atoms with van der Waals surface area (Å²) in [5.74, 6) is 1.90. The van der Waals surface area contributed by atoms with Gasteiger partial charge in [0.1, 0.15) is 5.75 Å². The molecule has 5 heteroatoms. The second kappa shape index (κ2) is 4.90. The molecule has 0 fully saturated rings. The minimum Gasteiger partial charge on any atom is -0.496 e. The maximum Gasteiger partial charge on any atom is 0.161 e. The molecule has 2 rings (SSSR count). The van der Waals surface area contributed by atoms with Crippen molar-refractivity contribution in [1.82, 2.24) is 0 Å². The number of nitrogens with one attached hydrogen (secondary N) is 1. The maximum absolute atomic E-state index is 5.16. The van der Waals surface area contributed by atoms with Crippen molar-refractivity contribution in [3.8, 4) is 5.75 Å². The second-order valence-corrected chi connectivity index (χ2v) is 4.95. The van der Waals surface area contributed by atoms with E-state index in [1.54, 1.807) is 18.9 Å². The smallest absolute Gasteiger partial charge is 0.161 e. The van der Waals surface area contributed by atoms with Crippen LogP contribution in [0.3, 0.4) is 0 Å². The number of aliphatic imine (C=N–C) groups is 1. The lowest BCUT2D eigenvalue weighted by Crippen LogP contribution is -2.04. The standard InChI is InChI=1S/C10H11BrN2OS/c1-14-9-3-2-7(6-8(9)11)13-10-12-4-5-15-10/h2-3,6H,4-5H2,1H3,(H,12,13). The minimum absolute atomic E-state index is 0.835. The fourth-order valence-electron chi connectivity index (χ4n) is 1.28. The Morgan fingerprint density at radius 3 is 3.00 bits per heavy atom. The van der Waals surface area contributed by atoms with Gasteiger partial charge in [-0.05, 0) is 34.1 Å². The topological polar surface area (TPSA) is 33.6 Å². The third-order valence-corrected chi connectivity index (χ3v) is 3.50. The van der Waals surface area contributed by atoms with Crippen molar-refractivity contribution in [3.63, 3.8) is 0 Å². The van der Waals surface area contributed by atoms with Crippen LogP contribution in [0.25, 0.3) is 0 Å². The average Bonchev–Trinajstić information content (AvgIpc) is 2.71. The molecule has 0 radical (unpaired) electrons. The molecule has 3 nitrogen and oxygen atoms in total. The van der Waals surface area contributed by atoms with Crippen molar-refractivity contribution in [2.75, 3.05) is 24.7 Å². The first-order valence-electron chi connectivity index (χ1n) is 4.57. The van der Waals surface area contributed by atoms with Crippen LogP contribution in [0.5, 0.6) is 5.75 Å². The van der Waals surface area contributed by atoms with Gasteiger partial charge in [-0.1, -0.05) is 11.8 Å². The van der Waals surface area contributed by atoms with E-state index in [1.165, 1.54) is 0 Å². The van der Waals surface area contributed by atoms with E-state index < -0.39 is 0 Å². The van der Waals surface area contributed by atoms with Gasteiger partial charge in [0.15, 0.2) is 5.17 Å². The van der Waals surface area contributed by atoms with E-state index in [4.69, 9.17) is 4.74 Å². The second-order valence-electron chi connectivity index (χ2n) is 3.01. The molecule has 0 amide bonds. The van der Waals surface area contributed by atoms with Crippen LogP contribution in [-0.4, -0.2) is 24.6 Å². The lowest BCUT2D eigenvalue weighted by atomic mass is 10.3. The van der Waals surface area contributed by atoms with Crippen LogP contribution in [0.2, 0.25) is 0 Å². The maximum atomic E-state index is 5.16. The van der Waals surface area contributed by atoms with Gasteiger partial charge in [-0.3, -0.25) is 4.99 Å². The lowest BCUT2D eigenvalue weighted by molar-refractivity contribution is 0.412. The van der Waals surface area contributed by atoms with Crippen LogP contribution < -0.4 is 10.1 Å². The Hall–Kier alpha value is -0.680. The van der Waals surface area contributed by atoms with Crippen LogP contribution in [0.4, 0.5) is 5.69 Å². The first-order valence-corrected chi connectivity index (χ1v) is 6.35. The molecule has 0 saturated heterocycles. The molecule has 1 aliphatic rings. The first-order chi connectivity index (χ1) is 7.29. The molecule has 1 aliphatic heterocycles. The number of halogens is 1. The van der Waals surface area contributed by atoms with Gasteiger partial charge < -0.3 is 10.1 Å². The summed E-state index contributed by atoms with van der Waals surface area (Å²) in [5.41, 5.74) is 1.02. The number of benzene rings is 1. The molecule has 0 spiro atoms. The fraction of sp³-hybridized carbons (Fsp3) is 0.300. The molecular formula is C10H11BrN2OS.